The molecule has 1 fully saturated rings. The molecule has 0 radical (unpaired) electrons. The van der Waals surface area contributed by atoms with Crippen LogP contribution in [0.15, 0.2) is 16.5 Å². The Morgan fingerprint density at radius 2 is 2.20 bits per heavy atom. The average Bonchev–Trinajstić information content (AvgIpc) is 3.20. The lowest BCUT2D eigenvalue weighted by Crippen LogP contribution is -2.07. The van der Waals surface area contributed by atoms with E-state index in [1.165, 1.54) is 12.8 Å². The van der Waals surface area contributed by atoms with E-state index >= 15 is 0 Å². The summed E-state index contributed by atoms with van der Waals surface area (Å²) in [6.45, 7) is 4.98. The van der Waals surface area contributed by atoms with E-state index in [2.05, 4.69) is 27.4 Å². The van der Waals surface area contributed by atoms with Crippen molar-refractivity contribution in [1.29, 1.82) is 0 Å². The van der Waals surface area contributed by atoms with Crippen LogP contribution in [0.2, 0.25) is 0 Å². The Kier molecular flexibility index (Phi) is 3.60. The second-order valence-corrected chi connectivity index (χ2v) is 5.95. The summed E-state index contributed by atoms with van der Waals surface area (Å²) in [6.07, 6.45) is 4.09. The Labute approximate surface area is 122 Å². The zero-order valence-electron chi connectivity index (χ0n) is 11.9. The fourth-order valence-corrected chi connectivity index (χ4v) is 2.77. The van der Waals surface area contributed by atoms with Gasteiger partial charge in [0.05, 0.1) is 0 Å². The number of anilines is 1. The monoisotopic (exact) mass is 290 g/mol. The molecule has 0 aliphatic heterocycles. The fraction of sp³-hybridized carbons (Fsp3) is 0.538. The van der Waals surface area contributed by atoms with Gasteiger partial charge in [-0.1, -0.05) is 0 Å². The van der Waals surface area contributed by atoms with Gasteiger partial charge in [0.15, 0.2) is 5.16 Å². The van der Waals surface area contributed by atoms with E-state index in [1.807, 2.05) is 18.5 Å². The van der Waals surface area contributed by atoms with Crippen molar-refractivity contribution >= 4 is 17.6 Å². The third-order valence-corrected chi connectivity index (χ3v) is 4.41. The van der Waals surface area contributed by atoms with Crippen LogP contribution in [0.3, 0.4) is 0 Å². The van der Waals surface area contributed by atoms with Crippen molar-refractivity contribution in [2.24, 2.45) is 7.05 Å². The highest BCUT2D eigenvalue weighted by Crippen LogP contribution is 2.40. The molecule has 0 saturated heterocycles. The maximum atomic E-state index is 4.72. The zero-order chi connectivity index (χ0) is 14.1. The van der Waals surface area contributed by atoms with Crippen molar-refractivity contribution in [3.05, 3.63) is 17.7 Å². The predicted octanol–water partition coefficient (Wildman–Crippen LogP) is 2.37. The van der Waals surface area contributed by atoms with Gasteiger partial charge in [0.2, 0.25) is 0 Å². The number of aromatic nitrogens is 5. The average molecular weight is 290 g/mol. The lowest BCUT2D eigenvalue weighted by Gasteiger charge is -2.12. The molecule has 20 heavy (non-hydrogen) atoms. The lowest BCUT2D eigenvalue weighted by molar-refractivity contribution is 0.783. The number of aryl methyl sites for hydroxylation is 1. The molecule has 2 aromatic heterocycles. The van der Waals surface area contributed by atoms with E-state index < -0.39 is 0 Å². The molecule has 0 spiro atoms. The molecule has 0 unspecified atom stereocenters. The number of nitrogens with zero attached hydrogens (tertiary/aromatic N) is 5. The molecule has 1 aliphatic carbocycles. The topological polar surface area (TPSA) is 68.5 Å². The van der Waals surface area contributed by atoms with Gasteiger partial charge in [-0.2, -0.15) is 0 Å². The van der Waals surface area contributed by atoms with Crippen LogP contribution in [0.4, 0.5) is 5.82 Å². The van der Waals surface area contributed by atoms with Crippen LogP contribution in [0.25, 0.3) is 0 Å². The van der Waals surface area contributed by atoms with Crippen molar-refractivity contribution in [2.45, 2.75) is 42.8 Å². The molecular weight excluding hydrogens is 272 g/mol. The molecule has 0 aromatic carbocycles. The van der Waals surface area contributed by atoms with Crippen LogP contribution in [-0.4, -0.2) is 31.3 Å². The SMILES string of the molecule is CCNc1nc(C2CC2)nc(Sc2nncn2C)c1C. The molecule has 106 valence electrons. The minimum absolute atomic E-state index is 0.534. The van der Waals surface area contributed by atoms with Crippen molar-refractivity contribution < 1.29 is 0 Å². The van der Waals surface area contributed by atoms with Crippen LogP contribution in [0, 0.1) is 6.92 Å². The van der Waals surface area contributed by atoms with Gasteiger partial charge in [0.1, 0.15) is 23.0 Å². The van der Waals surface area contributed by atoms with E-state index in [9.17, 15) is 0 Å². The molecule has 2 aromatic rings. The second-order valence-electron chi connectivity index (χ2n) is 4.99. The summed E-state index contributed by atoms with van der Waals surface area (Å²) in [7, 11) is 1.94. The fourth-order valence-electron chi connectivity index (χ4n) is 1.93. The molecule has 0 bridgehead atoms. The first-order valence-electron chi connectivity index (χ1n) is 6.83. The number of hydrogen-bond acceptors (Lipinski definition) is 6. The maximum absolute atomic E-state index is 4.72. The predicted molar refractivity (Wildman–Crippen MR) is 78.0 cm³/mol. The first kappa shape index (κ1) is 13.4. The Balaban J connectivity index is 1.97. The smallest absolute Gasteiger partial charge is 0.197 e. The summed E-state index contributed by atoms with van der Waals surface area (Å²) in [5.41, 5.74) is 1.07. The standard InChI is InChI=1S/C13H18N6S/c1-4-14-10-8(2)12(17-11(16-10)9-5-6-9)20-13-18-15-7-19(13)3/h7,9H,4-6H2,1-3H3,(H,14,16,17). The van der Waals surface area contributed by atoms with E-state index in [4.69, 9.17) is 4.98 Å². The normalized spacial score (nSPS) is 14.6. The minimum atomic E-state index is 0.534. The van der Waals surface area contributed by atoms with Gasteiger partial charge in [-0.05, 0) is 38.5 Å². The second kappa shape index (κ2) is 5.40. The largest absolute Gasteiger partial charge is 0.370 e. The van der Waals surface area contributed by atoms with Gasteiger partial charge in [0.25, 0.3) is 0 Å². The molecule has 3 rings (SSSR count). The van der Waals surface area contributed by atoms with Gasteiger partial charge in [-0.25, -0.2) is 9.97 Å². The summed E-state index contributed by atoms with van der Waals surface area (Å²) >= 11 is 1.55. The van der Waals surface area contributed by atoms with Gasteiger partial charge < -0.3 is 9.88 Å². The van der Waals surface area contributed by atoms with E-state index in [0.29, 0.717) is 5.92 Å². The molecular formula is C13H18N6S. The third kappa shape index (κ3) is 2.63. The van der Waals surface area contributed by atoms with E-state index in [0.717, 1.165) is 33.9 Å². The van der Waals surface area contributed by atoms with Gasteiger partial charge in [-0.15, -0.1) is 10.2 Å². The van der Waals surface area contributed by atoms with Gasteiger partial charge in [0, 0.05) is 25.1 Å². The highest BCUT2D eigenvalue weighted by Gasteiger charge is 2.28. The molecule has 0 atom stereocenters. The zero-order valence-corrected chi connectivity index (χ0v) is 12.7. The minimum Gasteiger partial charge on any atom is -0.370 e. The van der Waals surface area contributed by atoms with Crippen LogP contribution in [0.1, 0.15) is 37.1 Å². The molecule has 1 aliphatic rings. The van der Waals surface area contributed by atoms with Gasteiger partial charge in [-0.3, -0.25) is 0 Å². The summed E-state index contributed by atoms with van der Waals surface area (Å²) in [5, 5.41) is 13.2. The first-order valence-corrected chi connectivity index (χ1v) is 7.65. The summed E-state index contributed by atoms with van der Waals surface area (Å²) < 4.78 is 1.90. The van der Waals surface area contributed by atoms with Gasteiger partial charge >= 0.3 is 0 Å². The molecule has 0 amide bonds. The van der Waals surface area contributed by atoms with Crippen LogP contribution < -0.4 is 5.32 Å². The Morgan fingerprint density at radius 3 is 2.80 bits per heavy atom. The Bertz CT molecular complexity index is 619. The highest BCUT2D eigenvalue weighted by molar-refractivity contribution is 7.99. The summed E-state index contributed by atoms with van der Waals surface area (Å²) in [4.78, 5) is 9.38. The Hall–Kier alpha value is -1.63. The van der Waals surface area contributed by atoms with Crippen molar-refractivity contribution in [3.8, 4) is 0 Å². The Morgan fingerprint density at radius 1 is 1.40 bits per heavy atom. The van der Waals surface area contributed by atoms with Crippen LogP contribution in [-0.2, 0) is 7.05 Å². The molecule has 7 heteroatoms. The van der Waals surface area contributed by atoms with Crippen molar-refractivity contribution in [3.63, 3.8) is 0 Å². The number of hydrogen-bond donors (Lipinski definition) is 1. The molecule has 1 N–H and O–H groups in total. The first-order chi connectivity index (χ1) is 9.69. The molecule has 6 nitrogen and oxygen atoms in total. The maximum Gasteiger partial charge on any atom is 0.197 e. The summed E-state index contributed by atoms with van der Waals surface area (Å²) in [5.74, 6) is 2.43. The summed E-state index contributed by atoms with van der Waals surface area (Å²) in [6, 6.07) is 0. The van der Waals surface area contributed by atoms with Crippen molar-refractivity contribution in [1.82, 2.24) is 24.7 Å². The highest BCUT2D eigenvalue weighted by atomic mass is 32.2. The van der Waals surface area contributed by atoms with E-state index in [-0.39, 0.29) is 0 Å². The molecule has 2 heterocycles. The lowest BCUT2D eigenvalue weighted by atomic mass is 10.3. The quantitative estimate of drug-likeness (QED) is 0.853. The number of rotatable bonds is 5. The molecule has 1 saturated carbocycles. The third-order valence-electron chi connectivity index (χ3n) is 3.26. The van der Waals surface area contributed by atoms with Crippen molar-refractivity contribution in [2.75, 3.05) is 11.9 Å². The number of nitrogens with one attached hydrogen (secondary N) is 1. The van der Waals surface area contributed by atoms with Crippen LogP contribution in [0.5, 0.6) is 0 Å². The van der Waals surface area contributed by atoms with E-state index in [1.54, 1.807) is 18.1 Å². The van der Waals surface area contributed by atoms with Crippen LogP contribution >= 0.6 is 11.8 Å².